The zero-order valence-electron chi connectivity index (χ0n) is 10.4. The van der Waals surface area contributed by atoms with Crippen LogP contribution in [0.4, 0.5) is 0 Å². The minimum atomic E-state index is -0.446. The van der Waals surface area contributed by atoms with E-state index in [1.165, 1.54) is 0 Å². The summed E-state index contributed by atoms with van der Waals surface area (Å²) in [4.78, 5) is 16.7. The third kappa shape index (κ3) is 3.00. The second-order valence-electron chi connectivity index (χ2n) is 3.97. The molecule has 0 radical (unpaired) electrons. The molecule has 0 saturated heterocycles. The first kappa shape index (κ1) is 13.3. The lowest BCUT2D eigenvalue weighted by Gasteiger charge is -2.09. The molecule has 0 unspecified atom stereocenters. The second kappa shape index (κ2) is 5.66. The molecule has 0 aliphatic carbocycles. The maximum absolute atomic E-state index is 11.5. The Bertz CT molecular complexity index is 657. The third-order valence-corrected chi connectivity index (χ3v) is 2.60. The van der Waals surface area contributed by atoms with Crippen LogP contribution in [0.25, 0.3) is 5.69 Å². The number of aromatic nitrogens is 4. The zero-order valence-corrected chi connectivity index (χ0v) is 11.2. The number of hydrogen-bond acceptors (Lipinski definition) is 5. The Balaban J connectivity index is 2.39. The second-order valence-corrected chi connectivity index (χ2v) is 4.37. The van der Waals surface area contributed by atoms with Crippen molar-refractivity contribution < 1.29 is 4.84 Å². The van der Waals surface area contributed by atoms with Crippen molar-refractivity contribution in [1.29, 1.82) is 0 Å². The van der Waals surface area contributed by atoms with Crippen LogP contribution in [0.1, 0.15) is 19.4 Å². The SMILES string of the molecule is CC(C)=NOCc1c(Cl)cccc1-n1nn[nH]c1=O. The first-order chi connectivity index (χ1) is 9.09. The summed E-state index contributed by atoms with van der Waals surface area (Å²) in [6.45, 7) is 3.77. The first-order valence-corrected chi connectivity index (χ1v) is 5.88. The summed E-state index contributed by atoms with van der Waals surface area (Å²) in [7, 11) is 0. The van der Waals surface area contributed by atoms with E-state index < -0.39 is 5.69 Å². The largest absolute Gasteiger partial charge is 0.391 e. The predicted molar refractivity (Wildman–Crippen MR) is 70.6 cm³/mol. The molecule has 7 nitrogen and oxygen atoms in total. The van der Waals surface area contributed by atoms with Gasteiger partial charge in [0.1, 0.15) is 6.61 Å². The highest BCUT2D eigenvalue weighted by molar-refractivity contribution is 6.31. The minimum Gasteiger partial charge on any atom is -0.391 e. The molecule has 1 aromatic carbocycles. The van der Waals surface area contributed by atoms with E-state index >= 15 is 0 Å². The lowest BCUT2D eigenvalue weighted by Crippen LogP contribution is -2.17. The maximum atomic E-state index is 11.5. The van der Waals surface area contributed by atoms with Crippen molar-refractivity contribution in [3.63, 3.8) is 0 Å². The van der Waals surface area contributed by atoms with Gasteiger partial charge in [-0.3, -0.25) is 0 Å². The molecule has 100 valence electrons. The van der Waals surface area contributed by atoms with Gasteiger partial charge in [0.05, 0.1) is 11.4 Å². The van der Waals surface area contributed by atoms with E-state index in [1.54, 1.807) is 18.2 Å². The summed E-state index contributed by atoms with van der Waals surface area (Å²) in [5.41, 5.74) is 1.46. The number of nitrogens with one attached hydrogen (secondary N) is 1. The molecule has 1 heterocycles. The number of oxime groups is 1. The summed E-state index contributed by atoms with van der Waals surface area (Å²) in [5.74, 6) is 0. The number of benzene rings is 1. The fourth-order valence-corrected chi connectivity index (χ4v) is 1.69. The van der Waals surface area contributed by atoms with E-state index in [0.717, 1.165) is 10.4 Å². The number of hydrogen-bond donors (Lipinski definition) is 1. The summed E-state index contributed by atoms with van der Waals surface area (Å²) < 4.78 is 1.12. The standard InChI is InChI=1S/C11H12ClN5O2/c1-7(2)14-19-6-8-9(12)4-3-5-10(8)17-11(18)13-15-16-17/h3-5H,6H2,1-2H3,(H,13,16,18). The van der Waals surface area contributed by atoms with Crippen molar-refractivity contribution in [2.24, 2.45) is 5.16 Å². The minimum absolute atomic E-state index is 0.138. The van der Waals surface area contributed by atoms with Gasteiger partial charge < -0.3 is 4.84 Å². The molecule has 8 heteroatoms. The van der Waals surface area contributed by atoms with Gasteiger partial charge in [0.2, 0.25) is 0 Å². The van der Waals surface area contributed by atoms with Crippen molar-refractivity contribution in [1.82, 2.24) is 20.2 Å². The van der Waals surface area contributed by atoms with Gasteiger partial charge >= 0.3 is 5.69 Å². The quantitative estimate of drug-likeness (QED) is 0.680. The molecule has 0 fully saturated rings. The first-order valence-electron chi connectivity index (χ1n) is 5.51. The van der Waals surface area contributed by atoms with E-state index in [4.69, 9.17) is 16.4 Å². The van der Waals surface area contributed by atoms with E-state index in [-0.39, 0.29) is 6.61 Å². The van der Waals surface area contributed by atoms with Gasteiger partial charge in [0, 0.05) is 10.6 Å². The van der Waals surface area contributed by atoms with Crippen molar-refractivity contribution in [2.75, 3.05) is 0 Å². The van der Waals surface area contributed by atoms with Crippen LogP contribution in [0.15, 0.2) is 28.1 Å². The summed E-state index contributed by atoms with van der Waals surface area (Å²) in [5, 5.41) is 13.6. The van der Waals surface area contributed by atoms with E-state index in [9.17, 15) is 4.79 Å². The Labute approximate surface area is 113 Å². The van der Waals surface area contributed by atoms with Crippen molar-refractivity contribution in [2.45, 2.75) is 20.5 Å². The highest BCUT2D eigenvalue weighted by Crippen LogP contribution is 2.22. The number of tetrazole rings is 1. The summed E-state index contributed by atoms with van der Waals surface area (Å²) in [6, 6.07) is 5.13. The molecular formula is C11H12ClN5O2. The monoisotopic (exact) mass is 281 g/mol. The average Bonchev–Trinajstić information content (AvgIpc) is 2.77. The van der Waals surface area contributed by atoms with Gasteiger partial charge in [-0.15, -0.1) is 0 Å². The van der Waals surface area contributed by atoms with E-state index in [0.29, 0.717) is 16.3 Å². The molecular weight excluding hydrogens is 270 g/mol. The van der Waals surface area contributed by atoms with Crippen molar-refractivity contribution in [3.8, 4) is 5.69 Å². The number of H-pyrrole nitrogens is 1. The van der Waals surface area contributed by atoms with Crippen LogP contribution >= 0.6 is 11.6 Å². The zero-order chi connectivity index (χ0) is 13.8. The molecule has 0 atom stereocenters. The van der Waals surface area contributed by atoms with E-state index in [2.05, 4.69) is 20.7 Å². The Morgan fingerprint density at radius 1 is 1.53 bits per heavy atom. The topological polar surface area (TPSA) is 85.2 Å². The maximum Gasteiger partial charge on any atom is 0.365 e. The molecule has 1 aromatic heterocycles. The van der Waals surface area contributed by atoms with Crippen molar-refractivity contribution in [3.05, 3.63) is 39.3 Å². The molecule has 0 aliphatic rings. The van der Waals surface area contributed by atoms with Crippen LogP contribution in [0.2, 0.25) is 5.02 Å². The highest BCUT2D eigenvalue weighted by Gasteiger charge is 2.12. The van der Waals surface area contributed by atoms with Gasteiger partial charge in [0.15, 0.2) is 0 Å². The molecule has 0 spiro atoms. The highest BCUT2D eigenvalue weighted by atomic mass is 35.5. The number of halogens is 1. The number of aromatic amines is 1. The lowest BCUT2D eigenvalue weighted by molar-refractivity contribution is 0.130. The summed E-state index contributed by atoms with van der Waals surface area (Å²) in [6.07, 6.45) is 0. The van der Waals surface area contributed by atoms with Gasteiger partial charge in [0.25, 0.3) is 0 Å². The van der Waals surface area contributed by atoms with Crippen LogP contribution in [0, 0.1) is 0 Å². The Hall–Kier alpha value is -2.15. The smallest absolute Gasteiger partial charge is 0.365 e. The van der Waals surface area contributed by atoms with Crippen molar-refractivity contribution >= 4 is 17.3 Å². The normalized spacial score (nSPS) is 10.3. The van der Waals surface area contributed by atoms with Gasteiger partial charge in [-0.2, -0.15) is 4.68 Å². The van der Waals surface area contributed by atoms with Gasteiger partial charge in [-0.25, -0.2) is 9.89 Å². The molecule has 19 heavy (non-hydrogen) atoms. The molecule has 0 bridgehead atoms. The van der Waals surface area contributed by atoms with Crippen LogP contribution in [-0.2, 0) is 11.4 Å². The molecule has 0 saturated carbocycles. The Kier molecular flexibility index (Phi) is 3.96. The summed E-state index contributed by atoms with van der Waals surface area (Å²) >= 11 is 6.11. The Morgan fingerprint density at radius 2 is 2.32 bits per heavy atom. The van der Waals surface area contributed by atoms with Crippen LogP contribution in [0.3, 0.4) is 0 Å². The van der Waals surface area contributed by atoms with Gasteiger partial charge in [-0.1, -0.05) is 22.8 Å². The number of nitrogens with zero attached hydrogens (tertiary/aromatic N) is 4. The molecule has 0 aliphatic heterocycles. The molecule has 1 N–H and O–H groups in total. The lowest BCUT2D eigenvalue weighted by atomic mass is 10.2. The fourth-order valence-electron chi connectivity index (χ4n) is 1.47. The molecule has 2 aromatic rings. The molecule has 0 amide bonds. The molecule has 2 rings (SSSR count). The third-order valence-electron chi connectivity index (χ3n) is 2.25. The van der Waals surface area contributed by atoms with E-state index in [1.807, 2.05) is 13.8 Å². The van der Waals surface area contributed by atoms with Crippen LogP contribution < -0.4 is 5.69 Å². The Morgan fingerprint density at radius 3 is 2.95 bits per heavy atom. The average molecular weight is 282 g/mol. The van der Waals surface area contributed by atoms with Gasteiger partial charge in [-0.05, 0) is 36.4 Å². The van der Waals surface area contributed by atoms with Crippen LogP contribution in [0.5, 0.6) is 0 Å². The number of rotatable bonds is 4. The fraction of sp³-hybridized carbons (Fsp3) is 0.273. The predicted octanol–water partition coefficient (Wildman–Crippen LogP) is 1.52. The van der Waals surface area contributed by atoms with Crippen LogP contribution in [-0.4, -0.2) is 25.9 Å².